The fraction of sp³-hybridized carbons (Fsp3) is 0.929. The maximum Gasteiger partial charge on any atom is 0.410 e. The van der Waals surface area contributed by atoms with Gasteiger partial charge >= 0.3 is 6.09 Å². The third-order valence-corrected chi connectivity index (χ3v) is 4.48. The molecule has 0 radical (unpaired) electrons. The van der Waals surface area contributed by atoms with Gasteiger partial charge in [-0.25, -0.2) is 4.79 Å². The van der Waals surface area contributed by atoms with E-state index in [1.54, 1.807) is 4.90 Å². The SMILES string of the molecule is CC(C)(C)OC(=O)N1CCC(CO)(C2(O)CCC2)C1. The molecule has 1 saturated carbocycles. The third kappa shape index (κ3) is 2.58. The quantitative estimate of drug-likeness (QED) is 0.799. The Hall–Kier alpha value is -0.810. The lowest BCUT2D eigenvalue weighted by atomic mass is 9.61. The summed E-state index contributed by atoms with van der Waals surface area (Å²) in [6.07, 6.45) is 2.71. The molecular formula is C14H25NO4. The Balaban J connectivity index is 2.04. The van der Waals surface area contributed by atoms with E-state index in [0.29, 0.717) is 19.5 Å². The van der Waals surface area contributed by atoms with Gasteiger partial charge in [-0.1, -0.05) is 0 Å². The number of carbonyl (C=O) groups is 1. The number of aliphatic hydroxyl groups excluding tert-OH is 1. The van der Waals surface area contributed by atoms with Gasteiger partial charge in [0.2, 0.25) is 0 Å². The molecule has 1 aliphatic heterocycles. The van der Waals surface area contributed by atoms with Gasteiger partial charge in [-0.15, -0.1) is 0 Å². The molecular weight excluding hydrogens is 246 g/mol. The minimum atomic E-state index is -0.807. The Labute approximate surface area is 114 Å². The van der Waals surface area contributed by atoms with Crippen LogP contribution in [0.1, 0.15) is 46.5 Å². The van der Waals surface area contributed by atoms with Crippen LogP contribution in [0.2, 0.25) is 0 Å². The first-order valence-corrected chi connectivity index (χ1v) is 7.03. The number of ether oxygens (including phenoxy) is 1. The summed E-state index contributed by atoms with van der Waals surface area (Å²) in [5, 5.41) is 20.3. The molecule has 0 bridgehead atoms. The number of hydrogen-bond donors (Lipinski definition) is 2. The van der Waals surface area contributed by atoms with Crippen LogP contribution in [-0.2, 0) is 4.74 Å². The number of likely N-dealkylation sites (tertiary alicyclic amines) is 1. The predicted octanol–water partition coefficient (Wildman–Crippen LogP) is 1.52. The Morgan fingerprint density at radius 1 is 1.32 bits per heavy atom. The molecule has 2 aliphatic rings. The molecule has 1 saturated heterocycles. The number of nitrogens with zero attached hydrogens (tertiary/aromatic N) is 1. The van der Waals surface area contributed by atoms with Gasteiger partial charge in [0.1, 0.15) is 5.60 Å². The summed E-state index contributed by atoms with van der Waals surface area (Å²) < 4.78 is 5.35. The summed E-state index contributed by atoms with van der Waals surface area (Å²) in [4.78, 5) is 13.6. The third-order valence-electron chi connectivity index (χ3n) is 4.48. The first-order valence-electron chi connectivity index (χ1n) is 7.03. The number of carbonyl (C=O) groups excluding carboxylic acids is 1. The van der Waals surface area contributed by atoms with Crippen LogP contribution >= 0.6 is 0 Å². The van der Waals surface area contributed by atoms with Gasteiger partial charge in [-0.3, -0.25) is 0 Å². The van der Waals surface area contributed by atoms with Crippen molar-refractivity contribution in [2.45, 2.75) is 57.7 Å². The van der Waals surface area contributed by atoms with Crippen molar-refractivity contribution in [3.8, 4) is 0 Å². The summed E-state index contributed by atoms with van der Waals surface area (Å²) in [5.74, 6) is 0. The average molecular weight is 271 g/mol. The molecule has 2 N–H and O–H groups in total. The lowest BCUT2D eigenvalue weighted by Gasteiger charge is -2.49. The molecule has 0 aromatic heterocycles. The zero-order valence-electron chi connectivity index (χ0n) is 12.1. The van der Waals surface area contributed by atoms with E-state index in [4.69, 9.17) is 4.74 Å². The Kier molecular flexibility index (Phi) is 3.56. The van der Waals surface area contributed by atoms with Gasteiger partial charge in [0.05, 0.1) is 12.2 Å². The summed E-state index contributed by atoms with van der Waals surface area (Å²) in [5.41, 5.74) is -1.89. The van der Waals surface area contributed by atoms with E-state index in [0.717, 1.165) is 19.3 Å². The molecule has 2 rings (SSSR count). The molecule has 1 atom stereocenters. The highest BCUT2D eigenvalue weighted by molar-refractivity contribution is 5.68. The highest BCUT2D eigenvalue weighted by Gasteiger charge is 2.57. The molecule has 2 fully saturated rings. The fourth-order valence-corrected chi connectivity index (χ4v) is 3.05. The summed E-state index contributed by atoms with van der Waals surface area (Å²) in [6.45, 7) is 6.34. The molecule has 5 heteroatoms. The monoisotopic (exact) mass is 271 g/mol. The van der Waals surface area contributed by atoms with E-state index >= 15 is 0 Å². The van der Waals surface area contributed by atoms with Gasteiger partial charge in [-0.05, 0) is 46.5 Å². The number of amides is 1. The van der Waals surface area contributed by atoms with Crippen molar-refractivity contribution < 1.29 is 19.7 Å². The normalized spacial score (nSPS) is 30.1. The van der Waals surface area contributed by atoms with Crippen LogP contribution in [0.5, 0.6) is 0 Å². The van der Waals surface area contributed by atoms with Gasteiger partial charge in [0.25, 0.3) is 0 Å². The molecule has 110 valence electrons. The second-order valence-electron chi connectivity index (χ2n) is 6.98. The van der Waals surface area contributed by atoms with Gasteiger partial charge in [-0.2, -0.15) is 0 Å². The van der Waals surface area contributed by atoms with E-state index in [2.05, 4.69) is 0 Å². The first kappa shape index (κ1) is 14.6. The maximum atomic E-state index is 12.0. The molecule has 5 nitrogen and oxygen atoms in total. The summed E-state index contributed by atoms with van der Waals surface area (Å²) in [6, 6.07) is 0. The van der Waals surface area contributed by atoms with E-state index in [1.807, 2.05) is 20.8 Å². The van der Waals surface area contributed by atoms with Crippen molar-refractivity contribution in [3.05, 3.63) is 0 Å². The second-order valence-corrected chi connectivity index (χ2v) is 6.98. The summed E-state index contributed by atoms with van der Waals surface area (Å²) in [7, 11) is 0. The zero-order valence-corrected chi connectivity index (χ0v) is 12.1. The molecule has 0 spiro atoms. The topological polar surface area (TPSA) is 70.0 Å². The highest BCUT2D eigenvalue weighted by Crippen LogP contribution is 2.50. The lowest BCUT2D eigenvalue weighted by Crippen LogP contribution is -2.56. The highest BCUT2D eigenvalue weighted by atomic mass is 16.6. The minimum Gasteiger partial charge on any atom is -0.444 e. The van der Waals surface area contributed by atoms with Crippen molar-refractivity contribution in [2.75, 3.05) is 19.7 Å². The Bertz CT molecular complexity index is 359. The number of aliphatic hydroxyl groups is 2. The molecule has 0 aromatic carbocycles. The van der Waals surface area contributed by atoms with E-state index < -0.39 is 16.6 Å². The smallest absolute Gasteiger partial charge is 0.410 e. The van der Waals surface area contributed by atoms with E-state index in [-0.39, 0.29) is 12.7 Å². The van der Waals surface area contributed by atoms with Crippen LogP contribution in [0.25, 0.3) is 0 Å². The molecule has 1 unspecified atom stereocenters. The Morgan fingerprint density at radius 2 is 1.95 bits per heavy atom. The largest absolute Gasteiger partial charge is 0.444 e. The zero-order chi connectivity index (χ0) is 14.3. The maximum absolute atomic E-state index is 12.0. The van der Waals surface area contributed by atoms with Crippen LogP contribution in [0.3, 0.4) is 0 Å². The second kappa shape index (κ2) is 4.63. The Morgan fingerprint density at radius 3 is 2.37 bits per heavy atom. The van der Waals surface area contributed by atoms with Crippen molar-refractivity contribution in [1.82, 2.24) is 4.90 Å². The first-order chi connectivity index (χ1) is 8.71. The minimum absolute atomic E-state index is 0.0806. The van der Waals surface area contributed by atoms with Gasteiger partial charge < -0.3 is 19.8 Å². The van der Waals surface area contributed by atoms with Crippen molar-refractivity contribution >= 4 is 6.09 Å². The molecule has 0 aromatic rings. The summed E-state index contributed by atoms with van der Waals surface area (Å²) >= 11 is 0. The van der Waals surface area contributed by atoms with Crippen LogP contribution in [0, 0.1) is 5.41 Å². The van der Waals surface area contributed by atoms with Crippen LogP contribution in [-0.4, -0.2) is 52.1 Å². The standard InChI is InChI=1S/C14H25NO4/c1-12(2,3)19-11(17)15-8-7-13(9-15,10-16)14(18)5-4-6-14/h16,18H,4-10H2,1-3H3. The van der Waals surface area contributed by atoms with Crippen molar-refractivity contribution in [1.29, 1.82) is 0 Å². The lowest BCUT2D eigenvalue weighted by molar-refractivity contribution is -0.152. The number of rotatable bonds is 2. The van der Waals surface area contributed by atoms with Crippen LogP contribution in [0.4, 0.5) is 4.79 Å². The molecule has 19 heavy (non-hydrogen) atoms. The number of hydrogen-bond acceptors (Lipinski definition) is 4. The predicted molar refractivity (Wildman–Crippen MR) is 70.7 cm³/mol. The van der Waals surface area contributed by atoms with Crippen molar-refractivity contribution in [2.24, 2.45) is 5.41 Å². The molecule has 1 amide bonds. The van der Waals surface area contributed by atoms with E-state index in [9.17, 15) is 15.0 Å². The average Bonchev–Trinajstić information content (AvgIpc) is 2.69. The van der Waals surface area contributed by atoms with E-state index in [1.165, 1.54) is 0 Å². The molecule has 1 heterocycles. The van der Waals surface area contributed by atoms with Gasteiger partial charge in [0, 0.05) is 18.5 Å². The fourth-order valence-electron chi connectivity index (χ4n) is 3.05. The van der Waals surface area contributed by atoms with Gasteiger partial charge in [0.15, 0.2) is 0 Å². The molecule has 1 aliphatic carbocycles. The van der Waals surface area contributed by atoms with Crippen LogP contribution < -0.4 is 0 Å². The van der Waals surface area contributed by atoms with Crippen molar-refractivity contribution in [3.63, 3.8) is 0 Å². The van der Waals surface area contributed by atoms with Crippen LogP contribution in [0.15, 0.2) is 0 Å².